The summed E-state index contributed by atoms with van der Waals surface area (Å²) in [6, 6.07) is 11.8. The van der Waals surface area contributed by atoms with Gasteiger partial charge in [-0.05, 0) is 29.1 Å². The van der Waals surface area contributed by atoms with Gasteiger partial charge in [0.25, 0.3) is 0 Å². The van der Waals surface area contributed by atoms with Crippen LogP contribution < -0.4 is 16.6 Å². The molecule has 3 aromatic rings. The van der Waals surface area contributed by atoms with E-state index in [1.807, 2.05) is 35.7 Å². The Bertz CT molecular complexity index is 802. The van der Waals surface area contributed by atoms with Crippen LogP contribution in [0.25, 0.3) is 10.2 Å². The largest absolute Gasteiger partial charge is 0.340 e. The maximum atomic E-state index is 8.68. The highest BCUT2D eigenvalue weighted by Crippen LogP contribution is 2.28. The number of rotatable bonds is 4. The lowest BCUT2D eigenvalue weighted by Gasteiger charge is -2.09. The fraction of sp³-hybridized carbons (Fsp3) is 0.0714. The number of nitrogen functional groups attached to an aromatic ring is 1. The highest BCUT2D eigenvalue weighted by molar-refractivity contribution is 7.16. The van der Waals surface area contributed by atoms with Crippen molar-refractivity contribution in [3.8, 4) is 6.07 Å². The first kappa shape index (κ1) is 13.3. The number of nitriles is 1. The Morgan fingerprint density at radius 3 is 2.71 bits per heavy atom. The second-order valence-electron chi connectivity index (χ2n) is 4.34. The molecule has 0 spiro atoms. The average molecular weight is 296 g/mol. The molecule has 6 nitrogen and oxygen atoms in total. The summed E-state index contributed by atoms with van der Waals surface area (Å²) < 4.78 is 0. The zero-order chi connectivity index (χ0) is 14.7. The molecule has 0 saturated heterocycles. The van der Waals surface area contributed by atoms with Gasteiger partial charge in [0.2, 0.25) is 5.95 Å². The van der Waals surface area contributed by atoms with Crippen molar-refractivity contribution in [1.82, 2.24) is 9.97 Å². The summed E-state index contributed by atoms with van der Waals surface area (Å²) in [5.74, 6) is 6.46. The summed E-state index contributed by atoms with van der Waals surface area (Å²) in [6.07, 6.45) is 0.407. The van der Waals surface area contributed by atoms with Gasteiger partial charge in [-0.15, -0.1) is 11.3 Å². The molecule has 3 rings (SSSR count). The Morgan fingerprint density at radius 1 is 1.19 bits per heavy atom. The third-order valence-electron chi connectivity index (χ3n) is 2.95. The van der Waals surface area contributed by atoms with Crippen molar-refractivity contribution in [3.05, 3.63) is 41.3 Å². The van der Waals surface area contributed by atoms with Crippen LogP contribution in [0, 0.1) is 11.3 Å². The van der Waals surface area contributed by atoms with Crippen LogP contribution in [-0.4, -0.2) is 9.97 Å². The molecule has 0 fully saturated rings. The minimum absolute atomic E-state index is 0.369. The van der Waals surface area contributed by atoms with Gasteiger partial charge in [0, 0.05) is 5.69 Å². The molecule has 0 aliphatic carbocycles. The molecule has 1 aromatic carbocycles. The molecule has 0 atom stereocenters. The van der Waals surface area contributed by atoms with Gasteiger partial charge in [-0.2, -0.15) is 10.2 Å². The van der Waals surface area contributed by atoms with Crippen molar-refractivity contribution in [2.24, 2.45) is 5.84 Å². The van der Waals surface area contributed by atoms with Gasteiger partial charge in [0.05, 0.1) is 17.9 Å². The summed E-state index contributed by atoms with van der Waals surface area (Å²) in [5, 5.41) is 14.8. The molecule has 0 amide bonds. The number of thiophene rings is 1. The van der Waals surface area contributed by atoms with Crippen LogP contribution in [0.1, 0.15) is 5.56 Å². The summed E-state index contributed by atoms with van der Waals surface area (Å²) in [6.45, 7) is 0. The van der Waals surface area contributed by atoms with Crippen LogP contribution in [0.4, 0.5) is 17.5 Å². The molecule has 0 radical (unpaired) electrons. The number of nitrogens with zero attached hydrogens (tertiary/aromatic N) is 3. The number of fused-ring (bicyclic) bond motifs is 1. The van der Waals surface area contributed by atoms with Gasteiger partial charge in [0.15, 0.2) is 0 Å². The summed E-state index contributed by atoms with van der Waals surface area (Å²) >= 11 is 1.53. The Labute approximate surface area is 125 Å². The lowest BCUT2D eigenvalue weighted by molar-refractivity contribution is 1.16. The Balaban J connectivity index is 1.93. The molecule has 0 saturated carbocycles. The number of aromatic nitrogens is 2. The van der Waals surface area contributed by atoms with Crippen LogP contribution in [0.2, 0.25) is 0 Å². The average Bonchev–Trinajstić information content (AvgIpc) is 2.98. The first-order chi connectivity index (χ1) is 10.3. The van der Waals surface area contributed by atoms with Crippen molar-refractivity contribution >= 4 is 39.0 Å². The van der Waals surface area contributed by atoms with E-state index in [2.05, 4.69) is 26.8 Å². The Morgan fingerprint density at radius 2 is 2.00 bits per heavy atom. The highest BCUT2D eigenvalue weighted by Gasteiger charge is 2.08. The minimum atomic E-state index is 0.369. The van der Waals surface area contributed by atoms with Crippen LogP contribution in [0.5, 0.6) is 0 Å². The first-order valence-electron chi connectivity index (χ1n) is 6.25. The predicted molar refractivity (Wildman–Crippen MR) is 84.3 cm³/mol. The molecule has 0 unspecified atom stereocenters. The van der Waals surface area contributed by atoms with Crippen molar-refractivity contribution in [2.75, 3.05) is 10.7 Å². The van der Waals surface area contributed by atoms with Gasteiger partial charge >= 0.3 is 0 Å². The number of anilines is 3. The number of benzene rings is 1. The molecule has 2 aromatic heterocycles. The molecule has 4 N–H and O–H groups in total. The number of hydrogen-bond acceptors (Lipinski definition) is 7. The van der Waals surface area contributed by atoms with E-state index >= 15 is 0 Å². The van der Waals surface area contributed by atoms with Crippen molar-refractivity contribution in [3.63, 3.8) is 0 Å². The third kappa shape index (κ3) is 2.76. The van der Waals surface area contributed by atoms with E-state index in [0.29, 0.717) is 18.2 Å². The van der Waals surface area contributed by atoms with Crippen LogP contribution in [0.3, 0.4) is 0 Å². The molecular weight excluding hydrogens is 284 g/mol. The van der Waals surface area contributed by atoms with Gasteiger partial charge in [-0.3, -0.25) is 5.43 Å². The lowest BCUT2D eigenvalue weighted by Crippen LogP contribution is -2.11. The summed E-state index contributed by atoms with van der Waals surface area (Å²) in [5.41, 5.74) is 4.35. The predicted octanol–water partition coefficient (Wildman–Crippen LogP) is 2.79. The topological polar surface area (TPSA) is 99.7 Å². The molecule has 104 valence electrons. The van der Waals surface area contributed by atoms with Gasteiger partial charge in [0.1, 0.15) is 10.6 Å². The van der Waals surface area contributed by atoms with Gasteiger partial charge in [-0.1, -0.05) is 12.1 Å². The second-order valence-corrected chi connectivity index (χ2v) is 5.23. The van der Waals surface area contributed by atoms with E-state index in [9.17, 15) is 0 Å². The molecule has 0 aliphatic rings. The van der Waals surface area contributed by atoms with E-state index in [0.717, 1.165) is 21.5 Å². The summed E-state index contributed by atoms with van der Waals surface area (Å²) in [4.78, 5) is 9.49. The number of nitrogens with two attached hydrogens (primary N) is 1. The highest BCUT2D eigenvalue weighted by atomic mass is 32.1. The van der Waals surface area contributed by atoms with Crippen molar-refractivity contribution < 1.29 is 0 Å². The quantitative estimate of drug-likeness (QED) is 0.505. The van der Waals surface area contributed by atoms with E-state index < -0.39 is 0 Å². The molecule has 7 heteroatoms. The van der Waals surface area contributed by atoms with Gasteiger partial charge < -0.3 is 5.32 Å². The van der Waals surface area contributed by atoms with E-state index in [1.54, 1.807) is 0 Å². The molecule has 0 bridgehead atoms. The molecule has 0 aliphatic heterocycles. The van der Waals surface area contributed by atoms with Crippen LogP contribution in [0.15, 0.2) is 35.7 Å². The maximum absolute atomic E-state index is 8.68. The first-order valence-corrected chi connectivity index (χ1v) is 7.13. The van der Waals surface area contributed by atoms with Crippen LogP contribution in [-0.2, 0) is 6.42 Å². The SMILES string of the molecule is N#CCc1ccc(Nc2nc(NN)nc3sccc23)cc1. The van der Waals surface area contributed by atoms with Crippen molar-refractivity contribution in [1.29, 1.82) is 5.26 Å². The minimum Gasteiger partial charge on any atom is -0.340 e. The van der Waals surface area contributed by atoms with E-state index in [-0.39, 0.29) is 0 Å². The summed E-state index contributed by atoms with van der Waals surface area (Å²) in [7, 11) is 0. The molecular formula is C14H12N6S. The Kier molecular flexibility index (Phi) is 3.64. The van der Waals surface area contributed by atoms with Gasteiger partial charge in [-0.25, -0.2) is 10.8 Å². The fourth-order valence-electron chi connectivity index (χ4n) is 1.95. The third-order valence-corrected chi connectivity index (χ3v) is 3.76. The van der Waals surface area contributed by atoms with Crippen LogP contribution >= 0.6 is 11.3 Å². The molecule has 21 heavy (non-hydrogen) atoms. The smallest absolute Gasteiger partial charge is 0.240 e. The fourth-order valence-corrected chi connectivity index (χ4v) is 2.71. The zero-order valence-electron chi connectivity index (χ0n) is 11.0. The zero-order valence-corrected chi connectivity index (χ0v) is 11.8. The number of hydrogen-bond donors (Lipinski definition) is 3. The molecule has 2 heterocycles. The standard InChI is InChI=1S/C14H12N6S/c15-7-5-9-1-3-10(4-2-9)17-12-11-6-8-21-13(11)19-14(18-12)20-16/h1-4,6,8H,5,16H2,(H2,17,18,19,20). The normalized spacial score (nSPS) is 10.3. The number of nitrogens with one attached hydrogen (secondary N) is 2. The van der Waals surface area contributed by atoms with E-state index in [4.69, 9.17) is 11.1 Å². The lowest BCUT2D eigenvalue weighted by atomic mass is 10.1. The number of hydrazine groups is 1. The maximum Gasteiger partial charge on any atom is 0.240 e. The second kappa shape index (κ2) is 5.75. The van der Waals surface area contributed by atoms with Crippen molar-refractivity contribution in [2.45, 2.75) is 6.42 Å². The Hall–Kier alpha value is -2.69. The monoisotopic (exact) mass is 296 g/mol. The van der Waals surface area contributed by atoms with E-state index in [1.165, 1.54) is 11.3 Å².